The fraction of sp³-hybridized carbons (Fsp3) is 0.857. The van der Waals surface area contributed by atoms with E-state index in [9.17, 15) is 0 Å². The molecular formula is C7H15N3OS. The van der Waals surface area contributed by atoms with E-state index in [1.165, 1.54) is 38.0 Å². The zero-order chi connectivity index (χ0) is 8.81. The number of amidine groups is 1. The third-order valence-corrected chi connectivity index (χ3v) is 2.48. The number of hydrogen-bond donors (Lipinski definition) is 2. The number of nitrogens with two attached hydrogens (primary N) is 1. The van der Waals surface area contributed by atoms with Crippen LogP contribution < -0.4 is 5.73 Å². The summed E-state index contributed by atoms with van der Waals surface area (Å²) < 4.78 is 4.75. The Hall–Kier alpha value is -0.420. The third-order valence-electron chi connectivity index (χ3n) is 1.84. The van der Waals surface area contributed by atoms with Crippen molar-refractivity contribution < 1.29 is 4.18 Å². The second-order valence-corrected chi connectivity index (χ2v) is 3.63. The average Bonchev–Trinajstić information content (AvgIpc) is 2.49. The molecular weight excluding hydrogens is 174 g/mol. The van der Waals surface area contributed by atoms with Crippen LogP contribution in [0.3, 0.4) is 0 Å². The topological polar surface area (TPSA) is 62.3 Å². The van der Waals surface area contributed by atoms with Crippen molar-refractivity contribution in [1.82, 2.24) is 4.90 Å². The molecule has 1 fully saturated rings. The average molecular weight is 189 g/mol. The van der Waals surface area contributed by atoms with Crippen molar-refractivity contribution in [2.75, 3.05) is 25.4 Å². The number of rotatable bonds is 4. The number of likely N-dealkylation sites (tertiary alicyclic amines) is 1. The van der Waals surface area contributed by atoms with Crippen LogP contribution in [0.15, 0.2) is 0 Å². The maximum Gasteiger partial charge on any atom is 0.291 e. The summed E-state index contributed by atoms with van der Waals surface area (Å²) in [6.45, 7) is 3.46. The molecule has 0 atom stereocenters. The molecule has 0 radical (unpaired) electrons. The van der Waals surface area contributed by atoms with E-state index in [1.807, 2.05) is 0 Å². The summed E-state index contributed by atoms with van der Waals surface area (Å²) in [4.78, 5) is 2.40. The van der Waals surface area contributed by atoms with Gasteiger partial charge in [-0.15, -0.1) is 0 Å². The first-order chi connectivity index (χ1) is 5.79. The normalized spacial score (nSPS) is 18.0. The molecule has 12 heavy (non-hydrogen) atoms. The van der Waals surface area contributed by atoms with Crippen LogP contribution in [0.25, 0.3) is 0 Å². The quantitative estimate of drug-likeness (QED) is 0.295. The first-order valence-electron chi connectivity index (χ1n) is 4.15. The van der Waals surface area contributed by atoms with Crippen LogP contribution in [0.4, 0.5) is 0 Å². The molecule has 0 unspecified atom stereocenters. The molecule has 1 rings (SSSR count). The summed E-state index contributed by atoms with van der Waals surface area (Å²) in [6.07, 6.45) is 2.64. The van der Waals surface area contributed by atoms with E-state index in [1.54, 1.807) is 0 Å². The highest BCUT2D eigenvalue weighted by atomic mass is 32.2. The van der Waals surface area contributed by atoms with Gasteiger partial charge in [-0.3, -0.25) is 5.41 Å². The van der Waals surface area contributed by atoms with Crippen molar-refractivity contribution in [1.29, 1.82) is 5.41 Å². The standard InChI is InChI=1S/C7H15N3OS/c8-7(9)11-12-6-5-10-3-1-2-4-10/h1-6H2,(H3,8,9). The van der Waals surface area contributed by atoms with Crippen LogP contribution >= 0.6 is 12.0 Å². The molecule has 70 valence electrons. The monoisotopic (exact) mass is 189 g/mol. The van der Waals surface area contributed by atoms with Gasteiger partial charge in [0.25, 0.3) is 6.02 Å². The van der Waals surface area contributed by atoms with Gasteiger partial charge in [0.05, 0.1) is 12.0 Å². The van der Waals surface area contributed by atoms with Gasteiger partial charge in [0.1, 0.15) is 0 Å². The van der Waals surface area contributed by atoms with E-state index in [2.05, 4.69) is 4.90 Å². The molecule has 0 aromatic carbocycles. The van der Waals surface area contributed by atoms with Gasteiger partial charge in [0, 0.05) is 12.3 Å². The lowest BCUT2D eigenvalue weighted by atomic mass is 10.4. The Kier molecular flexibility index (Phi) is 4.24. The van der Waals surface area contributed by atoms with Crippen molar-refractivity contribution in [2.24, 2.45) is 5.73 Å². The molecule has 4 nitrogen and oxygen atoms in total. The first-order valence-corrected chi connectivity index (χ1v) is 5.06. The summed E-state index contributed by atoms with van der Waals surface area (Å²) in [5.41, 5.74) is 5.01. The van der Waals surface area contributed by atoms with Gasteiger partial charge in [0.2, 0.25) is 0 Å². The van der Waals surface area contributed by atoms with Crippen LogP contribution in [0, 0.1) is 5.41 Å². The predicted octanol–water partition coefficient (Wildman–Crippen LogP) is 0.640. The highest BCUT2D eigenvalue weighted by Crippen LogP contribution is 2.09. The number of nitrogens with one attached hydrogen (secondary N) is 1. The fourth-order valence-electron chi connectivity index (χ4n) is 1.28. The molecule has 1 heterocycles. The second-order valence-electron chi connectivity index (χ2n) is 2.82. The van der Waals surface area contributed by atoms with Crippen molar-refractivity contribution >= 4 is 18.1 Å². The molecule has 0 spiro atoms. The summed E-state index contributed by atoms with van der Waals surface area (Å²) in [6, 6.07) is -0.207. The lowest BCUT2D eigenvalue weighted by Gasteiger charge is -2.12. The Labute approximate surface area is 77.2 Å². The Bertz CT molecular complexity index is 148. The second kappa shape index (κ2) is 5.27. The van der Waals surface area contributed by atoms with Crippen LogP contribution in [0.5, 0.6) is 0 Å². The van der Waals surface area contributed by atoms with E-state index in [4.69, 9.17) is 15.3 Å². The van der Waals surface area contributed by atoms with E-state index < -0.39 is 0 Å². The summed E-state index contributed by atoms with van der Waals surface area (Å²) in [5, 5.41) is 6.80. The van der Waals surface area contributed by atoms with Gasteiger partial charge in [-0.2, -0.15) is 0 Å². The molecule has 0 aromatic heterocycles. The van der Waals surface area contributed by atoms with Crippen molar-refractivity contribution in [2.45, 2.75) is 12.8 Å². The van der Waals surface area contributed by atoms with Crippen LogP contribution in [0.1, 0.15) is 12.8 Å². The summed E-state index contributed by atoms with van der Waals surface area (Å²) >= 11 is 1.26. The molecule has 1 saturated heterocycles. The van der Waals surface area contributed by atoms with Crippen molar-refractivity contribution in [3.05, 3.63) is 0 Å². The molecule has 1 aliphatic rings. The lowest BCUT2D eigenvalue weighted by Crippen LogP contribution is -2.22. The lowest BCUT2D eigenvalue weighted by molar-refractivity contribution is 0.360. The largest absolute Gasteiger partial charge is 0.391 e. The van der Waals surface area contributed by atoms with Gasteiger partial charge >= 0.3 is 0 Å². The molecule has 3 N–H and O–H groups in total. The van der Waals surface area contributed by atoms with Gasteiger partial charge in [-0.05, 0) is 25.9 Å². The SMILES string of the molecule is N=C(N)OSCCN1CCCC1. The van der Waals surface area contributed by atoms with Crippen LogP contribution in [-0.2, 0) is 4.18 Å². The van der Waals surface area contributed by atoms with E-state index in [0.717, 1.165) is 12.3 Å². The van der Waals surface area contributed by atoms with Crippen LogP contribution in [-0.4, -0.2) is 36.3 Å². The molecule has 5 heteroatoms. The highest BCUT2D eigenvalue weighted by Gasteiger charge is 2.10. The molecule has 0 saturated carbocycles. The summed E-state index contributed by atoms with van der Waals surface area (Å²) in [7, 11) is 0. The third kappa shape index (κ3) is 3.82. The van der Waals surface area contributed by atoms with Gasteiger partial charge in [0.15, 0.2) is 0 Å². The van der Waals surface area contributed by atoms with Crippen molar-refractivity contribution in [3.8, 4) is 0 Å². The first kappa shape index (κ1) is 9.67. The Morgan fingerprint density at radius 3 is 2.75 bits per heavy atom. The maximum atomic E-state index is 6.80. The zero-order valence-electron chi connectivity index (χ0n) is 7.08. The minimum Gasteiger partial charge on any atom is -0.391 e. The predicted molar refractivity (Wildman–Crippen MR) is 51.1 cm³/mol. The minimum atomic E-state index is -0.207. The Balaban J connectivity index is 1.91. The zero-order valence-corrected chi connectivity index (χ0v) is 7.90. The van der Waals surface area contributed by atoms with Gasteiger partial charge in [-0.25, -0.2) is 0 Å². The van der Waals surface area contributed by atoms with Crippen molar-refractivity contribution in [3.63, 3.8) is 0 Å². The Morgan fingerprint density at radius 1 is 1.50 bits per heavy atom. The molecule has 0 aliphatic carbocycles. The fourth-order valence-corrected chi connectivity index (χ4v) is 1.82. The molecule has 0 bridgehead atoms. The maximum absolute atomic E-state index is 6.80. The van der Waals surface area contributed by atoms with E-state index in [0.29, 0.717) is 0 Å². The van der Waals surface area contributed by atoms with Gasteiger partial charge < -0.3 is 14.8 Å². The Morgan fingerprint density at radius 2 is 2.17 bits per heavy atom. The number of hydrogen-bond acceptors (Lipinski definition) is 4. The molecule has 0 amide bonds. The summed E-state index contributed by atoms with van der Waals surface area (Å²) in [5.74, 6) is 0.888. The van der Waals surface area contributed by atoms with Crippen LogP contribution in [0.2, 0.25) is 0 Å². The van der Waals surface area contributed by atoms with E-state index >= 15 is 0 Å². The number of nitrogens with zero attached hydrogens (tertiary/aromatic N) is 1. The van der Waals surface area contributed by atoms with Gasteiger partial charge in [-0.1, -0.05) is 0 Å². The van der Waals surface area contributed by atoms with E-state index in [-0.39, 0.29) is 6.02 Å². The minimum absolute atomic E-state index is 0.207. The molecule has 1 aliphatic heterocycles. The highest BCUT2D eigenvalue weighted by molar-refractivity contribution is 7.95. The smallest absolute Gasteiger partial charge is 0.291 e. The molecule has 0 aromatic rings.